The molecule has 1 unspecified atom stereocenters. The molecule has 0 bridgehead atoms. The Morgan fingerprint density at radius 1 is 1.62 bits per heavy atom. The van der Waals surface area contributed by atoms with Gasteiger partial charge in [0.2, 0.25) is 5.91 Å². The van der Waals surface area contributed by atoms with E-state index in [1.807, 2.05) is 0 Å². The molecule has 1 heterocycles. The normalized spacial score (nSPS) is 24.0. The largest absolute Gasteiger partial charge is 0.274 e. The lowest BCUT2D eigenvalue weighted by Crippen LogP contribution is -2.28. The second-order valence-electron chi connectivity index (χ2n) is 3.20. The molecular weight excluding hydrogens is 194 g/mol. The minimum Gasteiger partial charge on any atom is -0.274 e. The first-order valence-corrected chi connectivity index (χ1v) is 6.03. The van der Waals surface area contributed by atoms with Gasteiger partial charge in [0.25, 0.3) is 0 Å². The maximum absolute atomic E-state index is 11.4. The Kier molecular flexibility index (Phi) is 2.92. The van der Waals surface area contributed by atoms with E-state index in [-0.39, 0.29) is 11.7 Å². The highest BCUT2D eigenvalue weighted by Gasteiger charge is 2.34. The molecule has 6 heteroatoms. The Morgan fingerprint density at radius 3 is 2.62 bits per heavy atom. The molecule has 0 N–H and O–H groups in total. The predicted molar refractivity (Wildman–Crippen MR) is 46.5 cm³/mol. The van der Waals surface area contributed by atoms with Crippen molar-refractivity contribution in [2.45, 2.75) is 6.42 Å². The van der Waals surface area contributed by atoms with E-state index in [2.05, 4.69) is 0 Å². The van der Waals surface area contributed by atoms with E-state index in [4.69, 9.17) is 4.84 Å². The molecule has 1 fully saturated rings. The summed E-state index contributed by atoms with van der Waals surface area (Å²) in [4.78, 5) is 16.1. The van der Waals surface area contributed by atoms with Crippen LogP contribution >= 0.6 is 0 Å². The molecule has 0 aromatic heterocycles. The Labute approximate surface area is 77.5 Å². The van der Waals surface area contributed by atoms with Gasteiger partial charge in [-0.1, -0.05) is 0 Å². The highest BCUT2D eigenvalue weighted by Crippen LogP contribution is 2.19. The van der Waals surface area contributed by atoms with Gasteiger partial charge in [-0.15, -0.1) is 0 Å². The van der Waals surface area contributed by atoms with Crippen LogP contribution in [0.25, 0.3) is 0 Å². The molecule has 1 amide bonds. The molecule has 5 nitrogen and oxygen atoms in total. The molecule has 1 saturated heterocycles. The molecular formula is C7H13NO4S. The van der Waals surface area contributed by atoms with Crippen LogP contribution in [-0.4, -0.2) is 45.1 Å². The number of carbonyl (C=O) groups excluding carboxylic acids is 1. The lowest BCUT2D eigenvalue weighted by Gasteiger charge is -2.12. The Balaban J connectivity index is 2.61. The third-order valence-corrected chi connectivity index (χ3v) is 3.01. The summed E-state index contributed by atoms with van der Waals surface area (Å²) in [6.45, 7) is 0.482. The summed E-state index contributed by atoms with van der Waals surface area (Å²) in [5, 5.41) is 1.20. The van der Waals surface area contributed by atoms with Crippen molar-refractivity contribution in [1.29, 1.82) is 0 Å². The van der Waals surface area contributed by atoms with Gasteiger partial charge in [-0.3, -0.25) is 9.63 Å². The van der Waals surface area contributed by atoms with E-state index in [9.17, 15) is 13.2 Å². The Hall–Kier alpha value is -0.620. The van der Waals surface area contributed by atoms with Gasteiger partial charge in [-0.05, 0) is 6.42 Å². The van der Waals surface area contributed by atoms with Crippen LogP contribution in [-0.2, 0) is 19.5 Å². The monoisotopic (exact) mass is 207 g/mol. The van der Waals surface area contributed by atoms with Crippen molar-refractivity contribution >= 4 is 15.7 Å². The fraction of sp³-hybridized carbons (Fsp3) is 0.857. The van der Waals surface area contributed by atoms with Gasteiger partial charge in [0.15, 0.2) is 0 Å². The smallest absolute Gasteiger partial charge is 0.250 e. The molecule has 0 radical (unpaired) electrons. The molecule has 13 heavy (non-hydrogen) atoms. The van der Waals surface area contributed by atoms with Crippen LogP contribution in [0.3, 0.4) is 0 Å². The van der Waals surface area contributed by atoms with E-state index < -0.39 is 15.8 Å². The van der Waals surface area contributed by atoms with Gasteiger partial charge in [-0.25, -0.2) is 13.5 Å². The van der Waals surface area contributed by atoms with Gasteiger partial charge in [-0.2, -0.15) is 0 Å². The quantitative estimate of drug-likeness (QED) is 0.622. The SMILES string of the molecule is CON1CCC(CS(C)(=O)=O)C1=O. The van der Waals surface area contributed by atoms with E-state index in [1.165, 1.54) is 12.2 Å². The molecule has 76 valence electrons. The van der Waals surface area contributed by atoms with Crippen LogP contribution in [0.4, 0.5) is 0 Å². The van der Waals surface area contributed by atoms with Crippen LogP contribution in [0.5, 0.6) is 0 Å². The van der Waals surface area contributed by atoms with Crippen LogP contribution in [0.2, 0.25) is 0 Å². The van der Waals surface area contributed by atoms with Crippen LogP contribution in [0.15, 0.2) is 0 Å². The number of nitrogens with zero attached hydrogens (tertiary/aromatic N) is 1. The number of sulfone groups is 1. The average molecular weight is 207 g/mol. The summed E-state index contributed by atoms with van der Waals surface area (Å²) in [6, 6.07) is 0. The van der Waals surface area contributed by atoms with E-state index >= 15 is 0 Å². The Morgan fingerprint density at radius 2 is 2.23 bits per heavy atom. The summed E-state index contributed by atoms with van der Waals surface area (Å²) in [5.41, 5.74) is 0. The number of hydrogen-bond acceptors (Lipinski definition) is 4. The van der Waals surface area contributed by atoms with E-state index in [0.717, 1.165) is 6.26 Å². The summed E-state index contributed by atoms with van der Waals surface area (Å²) >= 11 is 0. The maximum atomic E-state index is 11.4. The molecule has 0 saturated carbocycles. The number of hydroxylamine groups is 2. The topological polar surface area (TPSA) is 63.7 Å². The van der Waals surface area contributed by atoms with Crippen molar-refractivity contribution in [2.24, 2.45) is 5.92 Å². The minimum absolute atomic E-state index is 0.0777. The zero-order valence-corrected chi connectivity index (χ0v) is 8.50. The first kappa shape index (κ1) is 10.5. The van der Waals surface area contributed by atoms with Crippen molar-refractivity contribution < 1.29 is 18.0 Å². The highest BCUT2D eigenvalue weighted by atomic mass is 32.2. The molecule has 0 spiro atoms. The molecule has 0 aliphatic carbocycles. The summed E-state index contributed by atoms with van der Waals surface area (Å²) < 4.78 is 21.8. The highest BCUT2D eigenvalue weighted by molar-refractivity contribution is 7.90. The molecule has 1 atom stereocenters. The fourth-order valence-corrected chi connectivity index (χ4v) is 2.45. The zero-order chi connectivity index (χ0) is 10.1. The summed E-state index contributed by atoms with van der Waals surface area (Å²) in [6.07, 6.45) is 1.69. The van der Waals surface area contributed by atoms with Crippen molar-refractivity contribution in [3.05, 3.63) is 0 Å². The second kappa shape index (κ2) is 3.63. The van der Waals surface area contributed by atoms with Crippen LogP contribution < -0.4 is 0 Å². The van der Waals surface area contributed by atoms with Gasteiger partial charge < -0.3 is 0 Å². The van der Waals surface area contributed by atoms with Crippen molar-refractivity contribution in [3.63, 3.8) is 0 Å². The number of rotatable bonds is 3. The first-order valence-electron chi connectivity index (χ1n) is 3.97. The van der Waals surface area contributed by atoms with E-state index in [0.29, 0.717) is 13.0 Å². The lowest BCUT2D eigenvalue weighted by molar-refractivity contribution is -0.169. The fourth-order valence-electron chi connectivity index (χ4n) is 1.41. The first-order chi connectivity index (χ1) is 5.94. The number of hydrogen-bond donors (Lipinski definition) is 0. The number of amides is 1. The van der Waals surface area contributed by atoms with E-state index in [1.54, 1.807) is 0 Å². The predicted octanol–water partition coefficient (Wildman–Crippen LogP) is -0.559. The van der Waals surface area contributed by atoms with Gasteiger partial charge in [0, 0.05) is 12.8 Å². The lowest BCUT2D eigenvalue weighted by atomic mass is 10.1. The number of carbonyl (C=O) groups is 1. The van der Waals surface area contributed by atoms with Gasteiger partial charge >= 0.3 is 0 Å². The summed E-state index contributed by atoms with van der Waals surface area (Å²) in [7, 11) is -1.67. The third-order valence-electron chi connectivity index (χ3n) is 2.00. The maximum Gasteiger partial charge on any atom is 0.250 e. The standard InChI is InChI=1S/C7H13NO4S/c1-12-8-4-3-6(7(8)9)5-13(2,10)11/h6H,3-5H2,1-2H3. The average Bonchev–Trinajstić information content (AvgIpc) is 2.30. The minimum atomic E-state index is -3.08. The zero-order valence-electron chi connectivity index (χ0n) is 7.69. The van der Waals surface area contributed by atoms with Crippen molar-refractivity contribution in [2.75, 3.05) is 25.7 Å². The molecule has 0 aromatic rings. The summed E-state index contributed by atoms with van der Waals surface area (Å²) in [5.74, 6) is -0.728. The molecule has 0 aromatic carbocycles. The molecule has 1 aliphatic rings. The Bertz CT molecular complexity index is 298. The second-order valence-corrected chi connectivity index (χ2v) is 5.39. The van der Waals surface area contributed by atoms with Gasteiger partial charge in [0.05, 0.1) is 18.8 Å². The van der Waals surface area contributed by atoms with Crippen LogP contribution in [0, 0.1) is 5.92 Å². The third kappa shape index (κ3) is 2.67. The molecule has 1 rings (SSSR count). The van der Waals surface area contributed by atoms with Crippen molar-refractivity contribution in [1.82, 2.24) is 5.06 Å². The van der Waals surface area contributed by atoms with Crippen molar-refractivity contribution in [3.8, 4) is 0 Å². The van der Waals surface area contributed by atoms with Crippen LogP contribution in [0.1, 0.15) is 6.42 Å². The molecule has 1 aliphatic heterocycles. The van der Waals surface area contributed by atoms with Gasteiger partial charge in [0.1, 0.15) is 9.84 Å².